The first-order valence-corrected chi connectivity index (χ1v) is 7.31. The van der Waals surface area contributed by atoms with Crippen LogP contribution in [-0.4, -0.2) is 55.9 Å². The van der Waals surface area contributed by atoms with E-state index in [0.29, 0.717) is 5.92 Å². The number of carbonyl (C=O) groups excluding carboxylic acids is 1. The highest BCUT2D eigenvalue weighted by Gasteiger charge is 2.22. The summed E-state index contributed by atoms with van der Waals surface area (Å²) in [6.45, 7) is 2.98. The van der Waals surface area contributed by atoms with E-state index in [1.165, 1.54) is 6.07 Å². The molecule has 116 valence electrons. The summed E-state index contributed by atoms with van der Waals surface area (Å²) in [6, 6.07) is 3.11. The first-order chi connectivity index (χ1) is 9.95. The van der Waals surface area contributed by atoms with E-state index in [0.717, 1.165) is 44.6 Å². The van der Waals surface area contributed by atoms with Crippen molar-refractivity contribution in [2.24, 2.45) is 5.92 Å². The highest BCUT2D eigenvalue weighted by molar-refractivity contribution is 5.97. The molecule has 1 heterocycles. The molecule has 5 heteroatoms. The molecule has 0 unspecified atom stereocenters. The summed E-state index contributed by atoms with van der Waals surface area (Å²) in [5, 5.41) is 0. The van der Waals surface area contributed by atoms with Gasteiger partial charge in [-0.25, -0.2) is 8.78 Å². The zero-order chi connectivity index (χ0) is 15.4. The van der Waals surface area contributed by atoms with Crippen LogP contribution < -0.4 is 0 Å². The van der Waals surface area contributed by atoms with Crippen LogP contribution in [0.3, 0.4) is 0 Å². The SMILES string of the molecule is CN(C)CC1CCN(CC(=O)c2ccc(F)cc2F)CC1. The van der Waals surface area contributed by atoms with Crippen molar-refractivity contribution in [2.45, 2.75) is 12.8 Å². The summed E-state index contributed by atoms with van der Waals surface area (Å²) < 4.78 is 26.4. The van der Waals surface area contributed by atoms with Crippen LogP contribution in [0.1, 0.15) is 23.2 Å². The standard InChI is InChI=1S/C16H22F2N2O/c1-19(2)10-12-5-7-20(8-6-12)11-16(21)14-4-3-13(17)9-15(14)18/h3-4,9,12H,5-8,10-11H2,1-2H3. The van der Waals surface area contributed by atoms with E-state index in [2.05, 4.69) is 23.9 Å². The second-order valence-electron chi connectivity index (χ2n) is 6.03. The Kier molecular flexibility index (Phi) is 5.42. The summed E-state index contributed by atoms with van der Waals surface area (Å²) in [6.07, 6.45) is 2.11. The van der Waals surface area contributed by atoms with Crippen LogP contribution in [0.4, 0.5) is 8.78 Å². The molecular weight excluding hydrogens is 274 g/mol. The molecule has 0 spiro atoms. The second kappa shape index (κ2) is 7.09. The Balaban J connectivity index is 1.87. The van der Waals surface area contributed by atoms with E-state index < -0.39 is 11.6 Å². The third kappa shape index (κ3) is 4.58. The minimum atomic E-state index is -0.775. The van der Waals surface area contributed by atoms with Gasteiger partial charge in [0.2, 0.25) is 0 Å². The largest absolute Gasteiger partial charge is 0.309 e. The zero-order valence-electron chi connectivity index (χ0n) is 12.6. The number of likely N-dealkylation sites (tertiary alicyclic amines) is 1. The van der Waals surface area contributed by atoms with Gasteiger partial charge in [0.05, 0.1) is 12.1 Å². The molecule has 2 rings (SSSR count). The molecule has 0 N–H and O–H groups in total. The summed E-state index contributed by atoms with van der Waals surface area (Å²) in [5.74, 6) is -1.05. The van der Waals surface area contributed by atoms with Crippen LogP contribution in [0.25, 0.3) is 0 Å². The molecule has 21 heavy (non-hydrogen) atoms. The Labute approximate surface area is 124 Å². The molecule has 0 saturated carbocycles. The normalized spacial score (nSPS) is 17.4. The predicted octanol–water partition coefficient (Wildman–Crippen LogP) is 2.42. The fraction of sp³-hybridized carbons (Fsp3) is 0.562. The van der Waals surface area contributed by atoms with E-state index in [4.69, 9.17) is 0 Å². The van der Waals surface area contributed by atoms with Crippen LogP contribution in [0.2, 0.25) is 0 Å². The monoisotopic (exact) mass is 296 g/mol. The minimum Gasteiger partial charge on any atom is -0.309 e. The maximum absolute atomic E-state index is 13.6. The molecule has 0 bridgehead atoms. The molecule has 0 radical (unpaired) electrons. The lowest BCUT2D eigenvalue weighted by molar-refractivity contribution is 0.0882. The lowest BCUT2D eigenvalue weighted by atomic mass is 9.96. The molecule has 1 aliphatic rings. The van der Waals surface area contributed by atoms with Crippen LogP contribution in [-0.2, 0) is 0 Å². The Morgan fingerprint density at radius 3 is 2.52 bits per heavy atom. The van der Waals surface area contributed by atoms with Crippen molar-refractivity contribution < 1.29 is 13.6 Å². The number of nitrogens with zero attached hydrogens (tertiary/aromatic N) is 2. The molecule has 1 aliphatic heterocycles. The van der Waals surface area contributed by atoms with Gasteiger partial charge in [0, 0.05) is 12.6 Å². The third-order valence-electron chi connectivity index (χ3n) is 3.93. The molecule has 1 saturated heterocycles. The van der Waals surface area contributed by atoms with Gasteiger partial charge in [0.15, 0.2) is 5.78 Å². The molecule has 0 aromatic heterocycles. The van der Waals surface area contributed by atoms with Gasteiger partial charge >= 0.3 is 0 Å². The van der Waals surface area contributed by atoms with Crippen molar-refractivity contribution in [3.8, 4) is 0 Å². The quantitative estimate of drug-likeness (QED) is 0.780. The number of ketones is 1. The van der Waals surface area contributed by atoms with E-state index in [9.17, 15) is 13.6 Å². The second-order valence-corrected chi connectivity index (χ2v) is 6.03. The average Bonchev–Trinajstić information content (AvgIpc) is 2.40. The molecular formula is C16H22F2N2O. The maximum atomic E-state index is 13.6. The predicted molar refractivity (Wildman–Crippen MR) is 78.4 cm³/mol. The number of piperidine rings is 1. The van der Waals surface area contributed by atoms with Gasteiger partial charge in [-0.05, 0) is 58.1 Å². The van der Waals surface area contributed by atoms with Gasteiger partial charge in [-0.15, -0.1) is 0 Å². The molecule has 1 fully saturated rings. The van der Waals surface area contributed by atoms with Crippen LogP contribution in [0, 0.1) is 17.6 Å². The zero-order valence-corrected chi connectivity index (χ0v) is 12.6. The van der Waals surface area contributed by atoms with E-state index in [1.807, 2.05) is 0 Å². The Morgan fingerprint density at radius 2 is 1.95 bits per heavy atom. The molecule has 0 aliphatic carbocycles. The lowest BCUT2D eigenvalue weighted by Crippen LogP contribution is -2.39. The molecule has 0 amide bonds. The molecule has 0 atom stereocenters. The van der Waals surface area contributed by atoms with E-state index in [-0.39, 0.29) is 17.9 Å². The van der Waals surface area contributed by atoms with Crippen LogP contribution in [0.15, 0.2) is 18.2 Å². The van der Waals surface area contributed by atoms with Gasteiger partial charge in [-0.3, -0.25) is 9.69 Å². The van der Waals surface area contributed by atoms with Crippen molar-refractivity contribution in [3.05, 3.63) is 35.4 Å². The average molecular weight is 296 g/mol. The summed E-state index contributed by atoms with van der Waals surface area (Å²) in [4.78, 5) is 16.3. The number of rotatable bonds is 5. The van der Waals surface area contributed by atoms with Crippen molar-refractivity contribution in [2.75, 3.05) is 40.3 Å². The van der Waals surface area contributed by atoms with Gasteiger partial charge in [-0.2, -0.15) is 0 Å². The van der Waals surface area contributed by atoms with Gasteiger partial charge < -0.3 is 4.90 Å². The number of carbonyl (C=O) groups is 1. The first-order valence-electron chi connectivity index (χ1n) is 7.31. The molecule has 1 aromatic carbocycles. The van der Waals surface area contributed by atoms with Gasteiger partial charge in [-0.1, -0.05) is 0 Å². The summed E-state index contributed by atoms with van der Waals surface area (Å²) in [5.41, 5.74) is -0.0215. The smallest absolute Gasteiger partial charge is 0.179 e. The van der Waals surface area contributed by atoms with Crippen LogP contribution >= 0.6 is 0 Å². The highest BCUT2D eigenvalue weighted by atomic mass is 19.1. The lowest BCUT2D eigenvalue weighted by Gasteiger charge is -2.32. The number of halogens is 2. The molecule has 3 nitrogen and oxygen atoms in total. The number of benzene rings is 1. The third-order valence-corrected chi connectivity index (χ3v) is 3.93. The van der Waals surface area contributed by atoms with Crippen molar-refractivity contribution in [3.63, 3.8) is 0 Å². The van der Waals surface area contributed by atoms with E-state index in [1.54, 1.807) is 0 Å². The van der Waals surface area contributed by atoms with Crippen molar-refractivity contribution in [1.29, 1.82) is 0 Å². The fourth-order valence-corrected chi connectivity index (χ4v) is 2.85. The highest BCUT2D eigenvalue weighted by Crippen LogP contribution is 2.18. The maximum Gasteiger partial charge on any atom is 0.179 e. The van der Waals surface area contributed by atoms with Crippen LogP contribution in [0.5, 0.6) is 0 Å². The number of Topliss-reactive ketones (excluding diaryl/α,β-unsaturated/α-hetero) is 1. The Morgan fingerprint density at radius 1 is 1.29 bits per heavy atom. The Bertz CT molecular complexity index is 497. The molecule has 1 aromatic rings. The fourth-order valence-electron chi connectivity index (χ4n) is 2.85. The topological polar surface area (TPSA) is 23.6 Å². The number of hydrogen-bond donors (Lipinski definition) is 0. The van der Waals surface area contributed by atoms with Crippen molar-refractivity contribution >= 4 is 5.78 Å². The first kappa shape index (κ1) is 16.0. The van der Waals surface area contributed by atoms with Gasteiger partial charge in [0.25, 0.3) is 0 Å². The summed E-state index contributed by atoms with van der Waals surface area (Å²) in [7, 11) is 4.13. The Hall–Kier alpha value is -1.33. The minimum absolute atomic E-state index is 0.0215. The van der Waals surface area contributed by atoms with Crippen molar-refractivity contribution in [1.82, 2.24) is 9.80 Å². The van der Waals surface area contributed by atoms with E-state index >= 15 is 0 Å². The summed E-state index contributed by atoms with van der Waals surface area (Å²) >= 11 is 0. The van der Waals surface area contributed by atoms with Gasteiger partial charge in [0.1, 0.15) is 11.6 Å². The number of hydrogen-bond acceptors (Lipinski definition) is 3.